The van der Waals surface area contributed by atoms with Crippen LogP contribution in [0.2, 0.25) is 5.15 Å². The third kappa shape index (κ3) is 4.66. The van der Waals surface area contributed by atoms with Crippen LogP contribution in [-0.4, -0.2) is 42.6 Å². The molecule has 0 saturated carbocycles. The van der Waals surface area contributed by atoms with Gasteiger partial charge >= 0.3 is 0 Å². The Balaban J connectivity index is 2.92. The quantitative estimate of drug-likeness (QED) is 0.442. The number of hydrogen-bond acceptors (Lipinski definition) is 6. The molecule has 1 heterocycles. The van der Waals surface area contributed by atoms with Crippen molar-refractivity contribution in [2.45, 2.75) is 6.42 Å². The van der Waals surface area contributed by atoms with Crippen molar-refractivity contribution in [2.75, 3.05) is 32.2 Å². The molecule has 8 heteroatoms. The van der Waals surface area contributed by atoms with Crippen molar-refractivity contribution < 1.29 is 9.53 Å². The van der Waals surface area contributed by atoms with Gasteiger partial charge in [0.2, 0.25) is 0 Å². The first kappa shape index (κ1) is 16.2. The second-order valence-electron chi connectivity index (χ2n) is 3.90. The zero-order valence-electron chi connectivity index (χ0n) is 11.1. The number of nitrogens with one attached hydrogen (secondary N) is 1. The zero-order valence-corrected chi connectivity index (χ0v) is 11.9. The fraction of sp³-hybridized carbons (Fsp3) is 0.417. The molecule has 1 aromatic heterocycles. The number of carbonyl (C=O) groups excluding carboxylic acids is 1. The molecule has 0 aliphatic heterocycles. The summed E-state index contributed by atoms with van der Waals surface area (Å²) in [5, 5.41) is 8.81. The number of hydrogen-bond donors (Lipinski definition) is 2. The average molecular weight is 298 g/mol. The van der Waals surface area contributed by atoms with Gasteiger partial charge in [-0.3, -0.25) is 4.79 Å². The number of ether oxygens (including phenoxy) is 1. The summed E-state index contributed by atoms with van der Waals surface area (Å²) in [6, 6.07) is 4.97. The number of aromatic nitrogens is 1. The molecule has 0 radical (unpaired) electrons. The molecule has 0 saturated heterocycles. The minimum absolute atomic E-state index is 0.163. The summed E-state index contributed by atoms with van der Waals surface area (Å²) in [6.07, 6.45) is 0.246. The maximum absolute atomic E-state index is 12.4. The lowest BCUT2D eigenvalue weighted by molar-refractivity contribution is 0.0700. The SMILES string of the molecule is COCCN(CCC#N)C(=O)c1cc(Cl)nc(NN)c1. The molecule has 0 atom stereocenters. The Labute approximate surface area is 122 Å². The van der Waals surface area contributed by atoms with Crippen LogP contribution in [0, 0.1) is 11.3 Å². The second kappa shape index (κ2) is 8.32. The van der Waals surface area contributed by atoms with Crippen molar-refractivity contribution in [1.29, 1.82) is 5.26 Å². The highest BCUT2D eigenvalue weighted by Gasteiger charge is 2.17. The van der Waals surface area contributed by atoms with E-state index in [0.29, 0.717) is 31.1 Å². The standard InChI is InChI=1S/C12H16ClN5O2/c1-20-6-5-18(4-2-3-14)12(19)9-7-10(13)16-11(8-9)17-15/h7-8H,2,4-6,15H2,1H3,(H,16,17). The van der Waals surface area contributed by atoms with Gasteiger partial charge < -0.3 is 15.1 Å². The second-order valence-corrected chi connectivity index (χ2v) is 4.29. The number of anilines is 1. The Morgan fingerprint density at radius 1 is 1.60 bits per heavy atom. The number of nitrogens with zero attached hydrogens (tertiary/aromatic N) is 3. The topological polar surface area (TPSA) is 104 Å². The van der Waals surface area contributed by atoms with Crippen LogP contribution >= 0.6 is 11.6 Å². The zero-order chi connectivity index (χ0) is 15.0. The van der Waals surface area contributed by atoms with E-state index < -0.39 is 0 Å². The Morgan fingerprint density at radius 2 is 2.35 bits per heavy atom. The third-order valence-electron chi connectivity index (χ3n) is 2.53. The summed E-state index contributed by atoms with van der Waals surface area (Å²) in [6.45, 7) is 1.10. The molecule has 0 fully saturated rings. The minimum atomic E-state index is -0.252. The van der Waals surface area contributed by atoms with Gasteiger partial charge in [0.1, 0.15) is 11.0 Å². The molecule has 108 valence electrons. The van der Waals surface area contributed by atoms with Gasteiger partial charge in [-0.05, 0) is 12.1 Å². The van der Waals surface area contributed by atoms with Crippen molar-refractivity contribution in [3.8, 4) is 6.07 Å². The van der Waals surface area contributed by atoms with E-state index in [9.17, 15) is 4.79 Å². The lowest BCUT2D eigenvalue weighted by Crippen LogP contribution is -2.34. The Bertz CT molecular complexity index is 503. The van der Waals surface area contributed by atoms with Gasteiger partial charge in [0, 0.05) is 25.8 Å². The molecule has 1 rings (SSSR count). The molecule has 0 bridgehead atoms. The van der Waals surface area contributed by atoms with Gasteiger partial charge in [0.15, 0.2) is 0 Å². The van der Waals surface area contributed by atoms with Gasteiger partial charge in [0.25, 0.3) is 5.91 Å². The molecule has 1 aromatic rings. The summed E-state index contributed by atoms with van der Waals surface area (Å²) in [7, 11) is 1.55. The molecule has 7 nitrogen and oxygen atoms in total. The van der Waals surface area contributed by atoms with Crippen molar-refractivity contribution in [3.05, 3.63) is 22.8 Å². The fourth-order valence-electron chi connectivity index (χ4n) is 1.58. The Kier molecular flexibility index (Phi) is 6.73. The van der Waals surface area contributed by atoms with Gasteiger partial charge in [-0.15, -0.1) is 0 Å². The van der Waals surface area contributed by atoms with E-state index in [0.717, 1.165) is 0 Å². The first-order chi connectivity index (χ1) is 9.62. The number of nitrogens with two attached hydrogens (primary N) is 1. The monoisotopic (exact) mass is 297 g/mol. The van der Waals surface area contributed by atoms with Crippen LogP contribution in [-0.2, 0) is 4.74 Å². The maximum atomic E-state index is 12.4. The molecule has 0 spiro atoms. The van der Waals surface area contributed by atoms with Crippen molar-refractivity contribution in [1.82, 2.24) is 9.88 Å². The molecule has 0 aliphatic rings. The molecular formula is C12H16ClN5O2. The largest absolute Gasteiger partial charge is 0.383 e. The molecule has 3 N–H and O–H groups in total. The van der Waals surface area contributed by atoms with E-state index in [2.05, 4.69) is 10.4 Å². The average Bonchev–Trinajstić information content (AvgIpc) is 2.46. The van der Waals surface area contributed by atoms with E-state index in [1.165, 1.54) is 17.0 Å². The number of halogens is 1. The number of hydrazine groups is 1. The van der Waals surface area contributed by atoms with Crippen LogP contribution in [0.5, 0.6) is 0 Å². The molecule has 0 aromatic carbocycles. The van der Waals surface area contributed by atoms with Crippen LogP contribution in [0.3, 0.4) is 0 Å². The van der Waals surface area contributed by atoms with Crippen LogP contribution in [0.15, 0.2) is 12.1 Å². The first-order valence-corrected chi connectivity index (χ1v) is 6.29. The normalized spacial score (nSPS) is 9.90. The Hall–Kier alpha value is -1.88. The number of nitrogen functional groups attached to an aromatic ring is 1. The van der Waals surface area contributed by atoms with Gasteiger partial charge in [-0.25, -0.2) is 10.8 Å². The number of carbonyl (C=O) groups is 1. The molecular weight excluding hydrogens is 282 g/mol. The lowest BCUT2D eigenvalue weighted by atomic mass is 10.2. The maximum Gasteiger partial charge on any atom is 0.254 e. The summed E-state index contributed by atoms with van der Waals surface area (Å²) >= 11 is 5.83. The van der Waals surface area contributed by atoms with E-state index in [1.54, 1.807) is 7.11 Å². The number of methoxy groups -OCH3 is 1. The van der Waals surface area contributed by atoms with Crippen LogP contribution in [0.1, 0.15) is 16.8 Å². The lowest BCUT2D eigenvalue weighted by Gasteiger charge is -2.21. The van der Waals surface area contributed by atoms with Gasteiger partial charge in [-0.1, -0.05) is 11.6 Å². The van der Waals surface area contributed by atoms with Crippen LogP contribution in [0.25, 0.3) is 0 Å². The number of amides is 1. The van der Waals surface area contributed by atoms with E-state index in [4.69, 9.17) is 27.4 Å². The number of nitriles is 1. The Morgan fingerprint density at radius 3 is 2.95 bits per heavy atom. The first-order valence-electron chi connectivity index (χ1n) is 5.91. The third-order valence-corrected chi connectivity index (χ3v) is 2.73. The summed E-state index contributed by atoms with van der Waals surface area (Å²) in [5.74, 6) is 5.31. The van der Waals surface area contributed by atoms with Crippen molar-refractivity contribution in [3.63, 3.8) is 0 Å². The highest BCUT2D eigenvalue weighted by molar-refractivity contribution is 6.29. The number of rotatable bonds is 7. The van der Waals surface area contributed by atoms with Crippen LogP contribution < -0.4 is 11.3 Å². The van der Waals surface area contributed by atoms with Gasteiger partial charge in [-0.2, -0.15) is 5.26 Å². The predicted octanol–water partition coefficient (Wildman–Crippen LogP) is 1.02. The molecule has 20 heavy (non-hydrogen) atoms. The summed E-state index contributed by atoms with van der Waals surface area (Å²) in [5.41, 5.74) is 2.70. The minimum Gasteiger partial charge on any atom is -0.383 e. The molecule has 0 unspecified atom stereocenters. The molecule has 1 amide bonds. The predicted molar refractivity (Wildman–Crippen MR) is 75.1 cm³/mol. The summed E-state index contributed by atoms with van der Waals surface area (Å²) < 4.78 is 4.96. The molecule has 0 aliphatic carbocycles. The van der Waals surface area contributed by atoms with Crippen LogP contribution in [0.4, 0.5) is 5.82 Å². The van der Waals surface area contributed by atoms with Gasteiger partial charge in [0.05, 0.1) is 19.1 Å². The van der Waals surface area contributed by atoms with E-state index >= 15 is 0 Å². The van der Waals surface area contributed by atoms with Crippen molar-refractivity contribution in [2.24, 2.45) is 5.84 Å². The number of pyridine rings is 1. The summed E-state index contributed by atoms with van der Waals surface area (Å²) in [4.78, 5) is 17.8. The smallest absolute Gasteiger partial charge is 0.254 e. The highest BCUT2D eigenvalue weighted by Crippen LogP contribution is 2.15. The fourth-order valence-corrected chi connectivity index (χ4v) is 1.79. The highest BCUT2D eigenvalue weighted by atomic mass is 35.5. The van der Waals surface area contributed by atoms with Crippen molar-refractivity contribution >= 4 is 23.3 Å². The van der Waals surface area contributed by atoms with E-state index in [-0.39, 0.29) is 17.5 Å². The van der Waals surface area contributed by atoms with E-state index in [1.807, 2.05) is 6.07 Å².